The molecule has 0 amide bonds. The van der Waals surface area contributed by atoms with E-state index in [1.54, 1.807) is 23.0 Å². The zero-order valence-corrected chi connectivity index (χ0v) is 9.74. The van der Waals surface area contributed by atoms with Crippen LogP contribution in [-0.4, -0.2) is 9.55 Å². The van der Waals surface area contributed by atoms with Gasteiger partial charge in [0.05, 0.1) is 5.52 Å². The molecule has 0 spiro atoms. The average molecular weight is 240 g/mol. The molecule has 0 saturated carbocycles. The van der Waals surface area contributed by atoms with E-state index in [9.17, 15) is 4.79 Å². The van der Waals surface area contributed by atoms with Crippen LogP contribution in [0.2, 0.25) is 0 Å². The Morgan fingerprint density at radius 2 is 1.89 bits per heavy atom. The first-order valence-corrected chi connectivity index (χ1v) is 5.82. The van der Waals surface area contributed by atoms with E-state index in [1.807, 2.05) is 30.3 Å². The Kier molecular flexibility index (Phi) is 2.68. The van der Waals surface area contributed by atoms with E-state index in [0.717, 1.165) is 17.5 Å². The average Bonchev–Trinajstić information content (AvgIpc) is 2.73. The lowest BCUT2D eigenvalue weighted by atomic mass is 10.2. The molecular formula is C14H12N2O2. The van der Waals surface area contributed by atoms with Crippen LogP contribution in [0.1, 0.15) is 5.56 Å². The summed E-state index contributed by atoms with van der Waals surface area (Å²) in [6, 6.07) is 11.4. The van der Waals surface area contributed by atoms with Crippen LogP contribution in [0.3, 0.4) is 0 Å². The monoisotopic (exact) mass is 240 g/mol. The maximum Gasteiger partial charge on any atom is 0.419 e. The molecule has 0 fully saturated rings. The minimum atomic E-state index is -0.301. The van der Waals surface area contributed by atoms with Crippen LogP contribution in [0.4, 0.5) is 0 Å². The van der Waals surface area contributed by atoms with Gasteiger partial charge in [0.15, 0.2) is 5.58 Å². The highest BCUT2D eigenvalue weighted by atomic mass is 16.4. The molecule has 0 atom stereocenters. The van der Waals surface area contributed by atoms with Crippen molar-refractivity contribution in [1.82, 2.24) is 9.55 Å². The van der Waals surface area contributed by atoms with Crippen molar-refractivity contribution in [1.29, 1.82) is 0 Å². The number of benzene rings is 1. The first kappa shape index (κ1) is 10.8. The fourth-order valence-electron chi connectivity index (χ4n) is 2.02. The van der Waals surface area contributed by atoms with Crippen molar-refractivity contribution < 1.29 is 4.42 Å². The summed E-state index contributed by atoms with van der Waals surface area (Å²) in [7, 11) is 0. The van der Waals surface area contributed by atoms with Gasteiger partial charge in [0.25, 0.3) is 0 Å². The molecule has 3 rings (SSSR count). The minimum Gasteiger partial charge on any atom is -0.408 e. The number of rotatable bonds is 3. The molecule has 2 heterocycles. The van der Waals surface area contributed by atoms with Gasteiger partial charge in [-0.2, -0.15) is 0 Å². The van der Waals surface area contributed by atoms with E-state index in [2.05, 4.69) is 4.98 Å². The van der Waals surface area contributed by atoms with Gasteiger partial charge < -0.3 is 4.42 Å². The van der Waals surface area contributed by atoms with Gasteiger partial charge in [0.2, 0.25) is 0 Å². The van der Waals surface area contributed by atoms with E-state index in [1.165, 1.54) is 0 Å². The lowest BCUT2D eigenvalue weighted by Gasteiger charge is -2.02. The number of nitrogens with zero attached hydrogens (tertiary/aromatic N) is 2. The van der Waals surface area contributed by atoms with Crippen molar-refractivity contribution in [3.63, 3.8) is 0 Å². The Labute approximate surface area is 104 Å². The third-order valence-electron chi connectivity index (χ3n) is 2.95. The van der Waals surface area contributed by atoms with Gasteiger partial charge in [-0.05, 0) is 36.2 Å². The zero-order valence-electron chi connectivity index (χ0n) is 9.74. The Morgan fingerprint density at radius 1 is 1.11 bits per heavy atom. The number of oxazole rings is 1. The predicted octanol–water partition coefficient (Wildman–Crippen LogP) is 2.23. The third-order valence-corrected chi connectivity index (χ3v) is 2.95. The van der Waals surface area contributed by atoms with Crippen LogP contribution in [-0.2, 0) is 13.0 Å². The highest BCUT2D eigenvalue weighted by molar-refractivity contribution is 5.72. The van der Waals surface area contributed by atoms with Crippen molar-refractivity contribution in [2.45, 2.75) is 13.0 Å². The van der Waals surface area contributed by atoms with Gasteiger partial charge in [-0.1, -0.05) is 12.1 Å². The van der Waals surface area contributed by atoms with Gasteiger partial charge in [0.1, 0.15) is 0 Å². The molecule has 0 saturated heterocycles. The SMILES string of the molecule is O=c1oc2ccccc2n1CCc1ccncc1. The molecule has 1 aromatic carbocycles. The third kappa shape index (κ3) is 1.93. The molecule has 4 nitrogen and oxygen atoms in total. The molecule has 0 N–H and O–H groups in total. The topological polar surface area (TPSA) is 48.0 Å². The Bertz CT molecular complexity index is 713. The van der Waals surface area contributed by atoms with E-state index in [0.29, 0.717) is 12.1 Å². The summed E-state index contributed by atoms with van der Waals surface area (Å²) >= 11 is 0. The normalized spacial score (nSPS) is 10.9. The van der Waals surface area contributed by atoms with Crippen molar-refractivity contribution >= 4 is 11.1 Å². The molecule has 3 aromatic rings. The highest BCUT2D eigenvalue weighted by Gasteiger charge is 2.07. The van der Waals surface area contributed by atoms with E-state index in [-0.39, 0.29) is 5.76 Å². The number of hydrogen-bond acceptors (Lipinski definition) is 3. The van der Waals surface area contributed by atoms with E-state index < -0.39 is 0 Å². The second kappa shape index (κ2) is 4.49. The molecule has 0 aliphatic rings. The van der Waals surface area contributed by atoms with Crippen LogP contribution in [0.5, 0.6) is 0 Å². The number of aryl methyl sites for hydroxylation is 2. The predicted molar refractivity (Wildman–Crippen MR) is 68.4 cm³/mol. The summed E-state index contributed by atoms with van der Waals surface area (Å²) in [5, 5.41) is 0. The molecule has 4 heteroatoms. The van der Waals surface area contributed by atoms with Crippen LogP contribution in [0, 0.1) is 0 Å². The summed E-state index contributed by atoms with van der Waals surface area (Å²) in [6.45, 7) is 0.611. The Balaban J connectivity index is 1.91. The van der Waals surface area contributed by atoms with Gasteiger partial charge in [-0.15, -0.1) is 0 Å². The molecule has 0 radical (unpaired) electrons. The summed E-state index contributed by atoms with van der Waals surface area (Å²) in [5.41, 5.74) is 2.64. The summed E-state index contributed by atoms with van der Waals surface area (Å²) in [6.07, 6.45) is 4.29. The number of fused-ring (bicyclic) bond motifs is 1. The first-order valence-electron chi connectivity index (χ1n) is 5.82. The smallest absolute Gasteiger partial charge is 0.408 e. The Hall–Kier alpha value is -2.36. The van der Waals surface area contributed by atoms with E-state index in [4.69, 9.17) is 4.42 Å². The van der Waals surface area contributed by atoms with E-state index >= 15 is 0 Å². The highest BCUT2D eigenvalue weighted by Crippen LogP contribution is 2.12. The number of para-hydroxylation sites is 2. The molecule has 0 aliphatic carbocycles. The van der Waals surface area contributed by atoms with Gasteiger partial charge >= 0.3 is 5.76 Å². The molecule has 0 bridgehead atoms. The van der Waals surface area contributed by atoms with Crippen molar-refractivity contribution in [2.75, 3.05) is 0 Å². The van der Waals surface area contributed by atoms with Crippen molar-refractivity contribution in [3.05, 3.63) is 64.9 Å². The number of aromatic nitrogens is 2. The molecule has 90 valence electrons. The molecule has 18 heavy (non-hydrogen) atoms. The molecular weight excluding hydrogens is 228 g/mol. The Morgan fingerprint density at radius 3 is 2.72 bits per heavy atom. The number of hydrogen-bond donors (Lipinski definition) is 0. The zero-order chi connectivity index (χ0) is 12.4. The maximum absolute atomic E-state index is 11.7. The minimum absolute atomic E-state index is 0.301. The molecule has 0 aliphatic heterocycles. The maximum atomic E-state index is 11.7. The van der Waals surface area contributed by atoms with Gasteiger partial charge in [-0.3, -0.25) is 9.55 Å². The number of pyridine rings is 1. The largest absolute Gasteiger partial charge is 0.419 e. The summed E-state index contributed by atoms with van der Waals surface area (Å²) < 4.78 is 6.84. The second-order valence-corrected chi connectivity index (χ2v) is 4.09. The van der Waals surface area contributed by atoms with Crippen molar-refractivity contribution in [3.8, 4) is 0 Å². The van der Waals surface area contributed by atoms with Crippen molar-refractivity contribution in [2.24, 2.45) is 0 Å². The van der Waals surface area contributed by atoms with Crippen LogP contribution < -0.4 is 5.76 Å². The van der Waals surface area contributed by atoms with Crippen LogP contribution in [0.25, 0.3) is 11.1 Å². The quantitative estimate of drug-likeness (QED) is 0.705. The first-order chi connectivity index (χ1) is 8.84. The molecule has 0 unspecified atom stereocenters. The van der Waals surface area contributed by atoms with Gasteiger partial charge in [-0.25, -0.2) is 4.79 Å². The lowest BCUT2D eigenvalue weighted by Crippen LogP contribution is -2.15. The standard InChI is InChI=1S/C14H12N2O2/c17-14-16(10-7-11-5-8-15-9-6-11)12-3-1-2-4-13(12)18-14/h1-6,8-9H,7,10H2. The fraction of sp³-hybridized carbons (Fsp3) is 0.143. The van der Waals surface area contributed by atoms with Crippen LogP contribution in [0.15, 0.2) is 58.0 Å². The van der Waals surface area contributed by atoms with Gasteiger partial charge in [0, 0.05) is 18.9 Å². The summed E-state index contributed by atoms with van der Waals surface area (Å²) in [4.78, 5) is 15.7. The fourth-order valence-corrected chi connectivity index (χ4v) is 2.02. The molecule has 2 aromatic heterocycles. The van der Waals surface area contributed by atoms with Crippen LogP contribution >= 0.6 is 0 Å². The second-order valence-electron chi connectivity index (χ2n) is 4.09. The lowest BCUT2D eigenvalue weighted by molar-refractivity contribution is 0.505. The summed E-state index contributed by atoms with van der Waals surface area (Å²) in [5.74, 6) is -0.301.